The molecular weight excluding hydrogens is 387 g/mol. The summed E-state index contributed by atoms with van der Waals surface area (Å²) in [6, 6.07) is 8.42. The fourth-order valence-electron chi connectivity index (χ4n) is 2.14. The van der Waals surface area contributed by atoms with Crippen molar-refractivity contribution in [3.63, 3.8) is 0 Å². The van der Waals surface area contributed by atoms with Crippen molar-refractivity contribution in [2.24, 2.45) is 0 Å². The molecule has 0 fully saturated rings. The molecule has 0 saturated heterocycles. The maximum absolute atomic E-state index is 12.4. The van der Waals surface area contributed by atoms with Gasteiger partial charge in [0.15, 0.2) is 18.1 Å². The van der Waals surface area contributed by atoms with Gasteiger partial charge in [-0.25, -0.2) is 0 Å². The highest BCUT2D eigenvalue weighted by Crippen LogP contribution is 2.36. The molecule has 0 aliphatic carbocycles. The SMILES string of the molecule is CCOc1c(Cl)cc(C(=O)Nc2ccc(OCC(F)(F)F)cc2)cc1OC. The molecule has 0 radical (unpaired) electrons. The van der Waals surface area contributed by atoms with E-state index in [0.717, 1.165) is 0 Å². The van der Waals surface area contributed by atoms with Crippen LogP contribution in [0.3, 0.4) is 0 Å². The van der Waals surface area contributed by atoms with E-state index < -0.39 is 18.7 Å². The Morgan fingerprint density at radius 3 is 2.37 bits per heavy atom. The number of methoxy groups -OCH3 is 1. The number of hydrogen-bond donors (Lipinski definition) is 1. The molecule has 0 aliphatic heterocycles. The fraction of sp³-hybridized carbons (Fsp3) is 0.278. The summed E-state index contributed by atoms with van der Waals surface area (Å²) < 4.78 is 51.6. The number of hydrogen-bond acceptors (Lipinski definition) is 4. The number of alkyl halides is 3. The van der Waals surface area contributed by atoms with Gasteiger partial charge in [0.2, 0.25) is 0 Å². The maximum atomic E-state index is 12.4. The van der Waals surface area contributed by atoms with Crippen LogP contribution in [0, 0.1) is 0 Å². The Morgan fingerprint density at radius 1 is 1.15 bits per heavy atom. The van der Waals surface area contributed by atoms with Gasteiger partial charge in [-0.2, -0.15) is 13.2 Å². The van der Waals surface area contributed by atoms with Crippen LogP contribution in [0.25, 0.3) is 0 Å². The number of amides is 1. The third-order valence-corrected chi connectivity index (χ3v) is 3.58. The van der Waals surface area contributed by atoms with Crippen molar-refractivity contribution in [1.82, 2.24) is 0 Å². The van der Waals surface area contributed by atoms with Crippen LogP contribution in [0.15, 0.2) is 36.4 Å². The third-order valence-electron chi connectivity index (χ3n) is 3.29. The quantitative estimate of drug-likeness (QED) is 0.711. The predicted molar refractivity (Wildman–Crippen MR) is 95.1 cm³/mol. The van der Waals surface area contributed by atoms with Crippen LogP contribution < -0.4 is 19.5 Å². The average Bonchev–Trinajstić information content (AvgIpc) is 2.62. The Bertz CT molecular complexity index is 794. The second-order valence-electron chi connectivity index (χ2n) is 5.30. The van der Waals surface area contributed by atoms with Gasteiger partial charge >= 0.3 is 6.18 Å². The third kappa shape index (κ3) is 5.96. The number of carbonyl (C=O) groups excluding carboxylic acids is 1. The standard InChI is InChI=1S/C18H17ClF3NO4/c1-3-26-16-14(19)8-11(9-15(16)25-2)17(24)23-12-4-6-13(7-5-12)27-10-18(20,21)22/h4-9H,3,10H2,1-2H3,(H,23,24). The second-order valence-corrected chi connectivity index (χ2v) is 5.71. The number of nitrogens with one attached hydrogen (secondary N) is 1. The van der Waals surface area contributed by atoms with E-state index in [4.69, 9.17) is 21.1 Å². The summed E-state index contributed by atoms with van der Waals surface area (Å²) in [7, 11) is 1.43. The highest BCUT2D eigenvalue weighted by Gasteiger charge is 2.28. The van der Waals surface area contributed by atoms with Crippen LogP contribution in [0.5, 0.6) is 17.2 Å². The van der Waals surface area contributed by atoms with Crippen molar-refractivity contribution in [3.8, 4) is 17.2 Å². The van der Waals surface area contributed by atoms with E-state index in [-0.39, 0.29) is 16.3 Å². The summed E-state index contributed by atoms with van der Waals surface area (Å²) in [5.41, 5.74) is 0.612. The van der Waals surface area contributed by atoms with Crippen molar-refractivity contribution < 1.29 is 32.2 Å². The Labute approximate surface area is 159 Å². The van der Waals surface area contributed by atoms with Gasteiger partial charge in [-0.05, 0) is 43.3 Å². The van der Waals surface area contributed by atoms with E-state index >= 15 is 0 Å². The number of benzene rings is 2. The molecule has 0 atom stereocenters. The molecule has 5 nitrogen and oxygen atoms in total. The molecular formula is C18H17ClF3NO4. The van der Waals surface area contributed by atoms with Gasteiger partial charge in [-0.15, -0.1) is 0 Å². The highest BCUT2D eigenvalue weighted by molar-refractivity contribution is 6.32. The first-order valence-electron chi connectivity index (χ1n) is 7.84. The lowest BCUT2D eigenvalue weighted by Gasteiger charge is -2.13. The topological polar surface area (TPSA) is 56.8 Å². The zero-order chi connectivity index (χ0) is 20.0. The summed E-state index contributed by atoms with van der Waals surface area (Å²) in [6.45, 7) is 0.784. The molecule has 1 amide bonds. The molecule has 0 aliphatic rings. The molecule has 1 N–H and O–H groups in total. The first-order chi connectivity index (χ1) is 12.7. The first kappa shape index (κ1) is 20.7. The van der Waals surface area contributed by atoms with Crippen LogP contribution in [-0.2, 0) is 0 Å². The van der Waals surface area contributed by atoms with E-state index in [0.29, 0.717) is 23.8 Å². The zero-order valence-electron chi connectivity index (χ0n) is 14.5. The van der Waals surface area contributed by atoms with Crippen molar-refractivity contribution in [2.45, 2.75) is 13.1 Å². The van der Waals surface area contributed by atoms with E-state index in [1.165, 1.54) is 43.5 Å². The summed E-state index contributed by atoms with van der Waals surface area (Å²) in [4.78, 5) is 12.4. The van der Waals surface area contributed by atoms with Gasteiger partial charge in [0.25, 0.3) is 5.91 Å². The average molecular weight is 404 g/mol. The fourth-order valence-corrected chi connectivity index (χ4v) is 2.40. The summed E-state index contributed by atoms with van der Waals surface area (Å²) in [5.74, 6) is 0.216. The highest BCUT2D eigenvalue weighted by atomic mass is 35.5. The van der Waals surface area contributed by atoms with Crippen molar-refractivity contribution in [2.75, 3.05) is 25.6 Å². The lowest BCUT2D eigenvalue weighted by molar-refractivity contribution is -0.153. The molecule has 146 valence electrons. The minimum absolute atomic E-state index is 0.0381. The molecule has 2 rings (SSSR count). The molecule has 27 heavy (non-hydrogen) atoms. The smallest absolute Gasteiger partial charge is 0.422 e. The van der Waals surface area contributed by atoms with Gasteiger partial charge in [0.05, 0.1) is 18.7 Å². The summed E-state index contributed by atoms with van der Waals surface area (Å²) in [5, 5.41) is 2.84. The van der Waals surface area contributed by atoms with Gasteiger partial charge in [0.1, 0.15) is 5.75 Å². The number of carbonyl (C=O) groups is 1. The first-order valence-corrected chi connectivity index (χ1v) is 8.22. The molecule has 9 heteroatoms. The van der Waals surface area contributed by atoms with E-state index in [9.17, 15) is 18.0 Å². The minimum atomic E-state index is -4.42. The molecule has 2 aromatic carbocycles. The molecule has 0 saturated carbocycles. The van der Waals surface area contributed by atoms with E-state index in [1.807, 2.05) is 0 Å². The Hall–Kier alpha value is -2.61. The van der Waals surface area contributed by atoms with Crippen LogP contribution >= 0.6 is 11.6 Å². The largest absolute Gasteiger partial charge is 0.493 e. The predicted octanol–water partition coefficient (Wildman–Crippen LogP) is 4.94. The van der Waals surface area contributed by atoms with Gasteiger partial charge in [-0.3, -0.25) is 4.79 Å². The summed E-state index contributed by atoms with van der Waals surface area (Å²) >= 11 is 6.14. The molecule has 2 aromatic rings. The van der Waals surface area contributed by atoms with Crippen molar-refractivity contribution in [1.29, 1.82) is 0 Å². The maximum Gasteiger partial charge on any atom is 0.422 e. The van der Waals surface area contributed by atoms with Gasteiger partial charge in [0, 0.05) is 11.3 Å². The summed E-state index contributed by atoms with van der Waals surface area (Å²) in [6.07, 6.45) is -4.42. The van der Waals surface area contributed by atoms with Crippen LogP contribution in [0.1, 0.15) is 17.3 Å². The number of rotatable bonds is 7. The number of ether oxygens (including phenoxy) is 3. The van der Waals surface area contributed by atoms with E-state index in [1.54, 1.807) is 6.92 Å². The van der Waals surface area contributed by atoms with Crippen molar-refractivity contribution in [3.05, 3.63) is 47.0 Å². The second kappa shape index (κ2) is 8.85. The molecule has 0 bridgehead atoms. The Kier molecular flexibility index (Phi) is 6.79. The number of anilines is 1. The van der Waals surface area contributed by atoms with Gasteiger partial charge < -0.3 is 19.5 Å². The lowest BCUT2D eigenvalue weighted by atomic mass is 10.1. The van der Waals surface area contributed by atoms with Crippen molar-refractivity contribution >= 4 is 23.2 Å². The Morgan fingerprint density at radius 2 is 1.81 bits per heavy atom. The molecule has 0 heterocycles. The van der Waals surface area contributed by atoms with Crippen LogP contribution in [-0.4, -0.2) is 32.4 Å². The van der Waals surface area contributed by atoms with Crippen LogP contribution in [0.2, 0.25) is 5.02 Å². The van der Waals surface area contributed by atoms with E-state index in [2.05, 4.69) is 10.1 Å². The normalized spacial score (nSPS) is 11.0. The zero-order valence-corrected chi connectivity index (χ0v) is 15.3. The minimum Gasteiger partial charge on any atom is -0.493 e. The van der Waals surface area contributed by atoms with Gasteiger partial charge in [-0.1, -0.05) is 11.6 Å². The molecule has 0 spiro atoms. The lowest BCUT2D eigenvalue weighted by Crippen LogP contribution is -2.19. The molecule has 0 unspecified atom stereocenters. The van der Waals surface area contributed by atoms with Crippen LogP contribution in [0.4, 0.5) is 18.9 Å². The monoisotopic (exact) mass is 403 g/mol. The number of halogens is 4. The Balaban J connectivity index is 2.09. The molecule has 0 aromatic heterocycles.